The summed E-state index contributed by atoms with van der Waals surface area (Å²) in [6.45, 7) is 4.13. The van der Waals surface area contributed by atoms with E-state index >= 15 is 0 Å². The van der Waals surface area contributed by atoms with E-state index in [0.717, 1.165) is 32.1 Å². The molecule has 14 heavy (non-hydrogen) atoms. The highest BCUT2D eigenvalue weighted by atomic mass is 16.7. The molecular formula is C11H20O3. The molecule has 0 amide bonds. The summed E-state index contributed by atoms with van der Waals surface area (Å²) in [6.07, 6.45) is 4.50. The molecule has 3 nitrogen and oxygen atoms in total. The van der Waals surface area contributed by atoms with Gasteiger partial charge in [-0.25, -0.2) is 0 Å². The van der Waals surface area contributed by atoms with Gasteiger partial charge in [0, 0.05) is 0 Å². The molecule has 1 saturated carbocycles. The van der Waals surface area contributed by atoms with Crippen molar-refractivity contribution in [1.29, 1.82) is 0 Å². The maximum absolute atomic E-state index is 10.3. The van der Waals surface area contributed by atoms with Crippen molar-refractivity contribution in [3.8, 4) is 0 Å². The van der Waals surface area contributed by atoms with Crippen molar-refractivity contribution in [1.82, 2.24) is 0 Å². The monoisotopic (exact) mass is 200 g/mol. The molecule has 0 bridgehead atoms. The highest BCUT2D eigenvalue weighted by Crippen LogP contribution is 2.42. The molecule has 0 aromatic heterocycles. The second kappa shape index (κ2) is 3.80. The van der Waals surface area contributed by atoms with E-state index in [1.807, 2.05) is 6.92 Å². The molecule has 0 aromatic carbocycles. The molecular weight excluding hydrogens is 180 g/mol. The van der Waals surface area contributed by atoms with E-state index < -0.39 is 5.60 Å². The van der Waals surface area contributed by atoms with E-state index in [9.17, 15) is 5.11 Å². The fraction of sp³-hybridized carbons (Fsp3) is 1.00. The quantitative estimate of drug-likeness (QED) is 0.755. The van der Waals surface area contributed by atoms with Gasteiger partial charge in [0.2, 0.25) is 0 Å². The van der Waals surface area contributed by atoms with E-state index in [2.05, 4.69) is 6.92 Å². The second-order valence-electron chi connectivity index (χ2n) is 4.45. The van der Waals surface area contributed by atoms with E-state index in [4.69, 9.17) is 9.47 Å². The van der Waals surface area contributed by atoms with Crippen molar-refractivity contribution in [2.24, 2.45) is 0 Å². The first-order chi connectivity index (χ1) is 6.69. The molecule has 4 atom stereocenters. The molecule has 2 rings (SSSR count). The van der Waals surface area contributed by atoms with Crippen LogP contribution in [0.25, 0.3) is 0 Å². The SMILES string of the molecule is CCC[C@@H]1O[C@@H]2CC[C@@](O)(CC)[C@H]2O1. The Balaban J connectivity index is 1.99. The van der Waals surface area contributed by atoms with Crippen LogP contribution in [0.2, 0.25) is 0 Å². The Hall–Kier alpha value is -0.120. The van der Waals surface area contributed by atoms with Crippen molar-refractivity contribution in [3.63, 3.8) is 0 Å². The highest BCUT2D eigenvalue weighted by molar-refractivity contribution is 5.01. The molecule has 0 aromatic rings. The Morgan fingerprint density at radius 1 is 1.36 bits per heavy atom. The van der Waals surface area contributed by atoms with Crippen LogP contribution in [0.5, 0.6) is 0 Å². The summed E-state index contributed by atoms with van der Waals surface area (Å²) >= 11 is 0. The molecule has 0 spiro atoms. The van der Waals surface area contributed by atoms with Gasteiger partial charge in [-0.05, 0) is 25.7 Å². The smallest absolute Gasteiger partial charge is 0.158 e. The Labute approximate surface area is 85.4 Å². The Morgan fingerprint density at radius 3 is 2.79 bits per heavy atom. The standard InChI is InChI=1S/C11H20O3/c1-3-5-9-13-8-6-7-11(12,4-2)10(8)14-9/h8-10,12H,3-7H2,1-2H3/t8-,9-,10+,11+/m1/s1. The van der Waals surface area contributed by atoms with Crippen molar-refractivity contribution >= 4 is 0 Å². The Bertz CT molecular complexity index is 207. The summed E-state index contributed by atoms with van der Waals surface area (Å²) in [5.41, 5.74) is -0.632. The van der Waals surface area contributed by atoms with Gasteiger partial charge in [0.1, 0.15) is 6.10 Å². The number of ether oxygens (including phenoxy) is 2. The summed E-state index contributed by atoms with van der Waals surface area (Å²) in [7, 11) is 0. The minimum absolute atomic E-state index is 0.0756. The topological polar surface area (TPSA) is 38.7 Å². The average Bonchev–Trinajstić information content (AvgIpc) is 2.69. The highest BCUT2D eigenvalue weighted by Gasteiger charge is 2.52. The average molecular weight is 200 g/mol. The van der Waals surface area contributed by atoms with Gasteiger partial charge in [-0.15, -0.1) is 0 Å². The van der Waals surface area contributed by atoms with Crippen molar-refractivity contribution in [3.05, 3.63) is 0 Å². The molecule has 2 aliphatic rings. The van der Waals surface area contributed by atoms with Gasteiger partial charge in [0.05, 0.1) is 11.7 Å². The van der Waals surface area contributed by atoms with Gasteiger partial charge in [-0.3, -0.25) is 0 Å². The van der Waals surface area contributed by atoms with Gasteiger partial charge in [-0.1, -0.05) is 20.3 Å². The largest absolute Gasteiger partial charge is 0.387 e. The fourth-order valence-corrected chi connectivity index (χ4v) is 2.53. The van der Waals surface area contributed by atoms with E-state index in [1.165, 1.54) is 0 Å². The van der Waals surface area contributed by atoms with Gasteiger partial charge in [0.15, 0.2) is 6.29 Å². The van der Waals surface area contributed by atoms with Gasteiger partial charge in [0.25, 0.3) is 0 Å². The lowest BCUT2D eigenvalue weighted by atomic mass is 9.96. The summed E-state index contributed by atoms with van der Waals surface area (Å²) in [6, 6.07) is 0. The van der Waals surface area contributed by atoms with Crippen LogP contribution in [-0.2, 0) is 9.47 Å². The number of aliphatic hydroxyl groups is 1. The summed E-state index contributed by atoms with van der Waals surface area (Å²) in [4.78, 5) is 0. The third kappa shape index (κ3) is 1.58. The maximum Gasteiger partial charge on any atom is 0.158 e. The minimum atomic E-state index is -0.632. The van der Waals surface area contributed by atoms with Crippen molar-refractivity contribution in [2.45, 2.75) is 70.1 Å². The molecule has 1 N–H and O–H groups in total. The van der Waals surface area contributed by atoms with E-state index in [-0.39, 0.29) is 18.5 Å². The van der Waals surface area contributed by atoms with Gasteiger partial charge in [-0.2, -0.15) is 0 Å². The maximum atomic E-state index is 10.3. The second-order valence-corrected chi connectivity index (χ2v) is 4.45. The van der Waals surface area contributed by atoms with Gasteiger partial charge >= 0.3 is 0 Å². The van der Waals surface area contributed by atoms with Crippen LogP contribution >= 0.6 is 0 Å². The number of fused-ring (bicyclic) bond motifs is 1. The van der Waals surface area contributed by atoms with E-state index in [0.29, 0.717) is 0 Å². The molecule has 0 unspecified atom stereocenters. The lowest BCUT2D eigenvalue weighted by Crippen LogP contribution is -2.40. The molecule has 1 aliphatic heterocycles. The number of hydrogen-bond donors (Lipinski definition) is 1. The Kier molecular flexibility index (Phi) is 2.82. The first kappa shape index (κ1) is 10.4. The minimum Gasteiger partial charge on any atom is -0.387 e. The fourth-order valence-electron chi connectivity index (χ4n) is 2.53. The lowest BCUT2D eigenvalue weighted by Gasteiger charge is -2.26. The molecule has 1 aliphatic carbocycles. The predicted molar refractivity (Wildman–Crippen MR) is 52.9 cm³/mol. The molecule has 2 fully saturated rings. The van der Waals surface area contributed by atoms with Crippen molar-refractivity contribution in [2.75, 3.05) is 0 Å². The van der Waals surface area contributed by atoms with Crippen LogP contribution in [0, 0.1) is 0 Å². The number of rotatable bonds is 3. The third-order valence-electron chi connectivity index (χ3n) is 3.49. The zero-order valence-corrected chi connectivity index (χ0v) is 9.03. The van der Waals surface area contributed by atoms with E-state index in [1.54, 1.807) is 0 Å². The van der Waals surface area contributed by atoms with Crippen LogP contribution in [0.15, 0.2) is 0 Å². The zero-order chi connectivity index (χ0) is 10.2. The Morgan fingerprint density at radius 2 is 2.14 bits per heavy atom. The van der Waals surface area contributed by atoms with Gasteiger partial charge < -0.3 is 14.6 Å². The summed E-state index contributed by atoms with van der Waals surface area (Å²) in [5, 5.41) is 10.3. The lowest BCUT2D eigenvalue weighted by molar-refractivity contribution is -0.124. The molecule has 0 radical (unpaired) electrons. The first-order valence-electron chi connectivity index (χ1n) is 5.73. The van der Waals surface area contributed by atoms with Crippen LogP contribution in [-0.4, -0.2) is 29.2 Å². The normalized spacial score (nSPS) is 46.9. The summed E-state index contributed by atoms with van der Waals surface area (Å²) in [5.74, 6) is 0. The zero-order valence-electron chi connectivity index (χ0n) is 9.03. The van der Waals surface area contributed by atoms with Crippen molar-refractivity contribution < 1.29 is 14.6 Å². The number of hydrogen-bond acceptors (Lipinski definition) is 3. The predicted octanol–water partition coefficient (Wildman–Crippen LogP) is 1.83. The third-order valence-corrected chi connectivity index (χ3v) is 3.49. The summed E-state index contributed by atoms with van der Waals surface area (Å²) < 4.78 is 11.5. The van der Waals surface area contributed by atoms with Crippen LogP contribution in [0.1, 0.15) is 46.0 Å². The van der Waals surface area contributed by atoms with Crippen LogP contribution in [0.4, 0.5) is 0 Å². The van der Waals surface area contributed by atoms with Crippen LogP contribution < -0.4 is 0 Å². The molecule has 82 valence electrons. The molecule has 3 heteroatoms. The molecule has 1 heterocycles. The van der Waals surface area contributed by atoms with Crippen LogP contribution in [0.3, 0.4) is 0 Å². The molecule has 1 saturated heterocycles. The first-order valence-corrected chi connectivity index (χ1v) is 5.73.